The molecule has 108 valence electrons. The van der Waals surface area contributed by atoms with Crippen LogP contribution in [-0.2, 0) is 0 Å². The average Bonchev–Trinajstić information content (AvgIpc) is 2.92. The summed E-state index contributed by atoms with van der Waals surface area (Å²) in [5.74, 6) is 0. The first-order valence-electron chi connectivity index (χ1n) is 6.67. The normalized spacial score (nSPS) is 10.8. The molecule has 1 heterocycles. The van der Waals surface area contributed by atoms with Gasteiger partial charge >= 0.3 is 0 Å². The van der Waals surface area contributed by atoms with Crippen LogP contribution >= 0.6 is 0 Å². The summed E-state index contributed by atoms with van der Waals surface area (Å²) in [4.78, 5) is 4.98. The quantitative estimate of drug-likeness (QED) is 0.600. The molecular formula is C15H21N3O2. The third kappa shape index (κ3) is 2.95. The van der Waals surface area contributed by atoms with Crippen molar-refractivity contribution < 1.29 is 10.2 Å². The summed E-state index contributed by atoms with van der Waals surface area (Å²) in [5.41, 5.74) is 10.8. The summed E-state index contributed by atoms with van der Waals surface area (Å²) in [6, 6.07) is 5.91. The molecule has 1 aromatic carbocycles. The minimum Gasteiger partial charge on any atom is -0.398 e. The number of aliphatic hydroxyl groups is 2. The van der Waals surface area contributed by atoms with Gasteiger partial charge in [-0.2, -0.15) is 0 Å². The second kappa shape index (κ2) is 6.45. The summed E-state index contributed by atoms with van der Waals surface area (Å²) in [5, 5.41) is 18.3. The molecule has 0 amide bonds. The number of nitrogens with two attached hydrogens (primary N) is 1. The Morgan fingerprint density at radius 1 is 1.20 bits per heavy atom. The third-order valence-corrected chi connectivity index (χ3v) is 3.36. The number of benzene rings is 1. The van der Waals surface area contributed by atoms with Crippen molar-refractivity contribution in [2.24, 2.45) is 0 Å². The summed E-state index contributed by atoms with van der Waals surface area (Å²) in [6.45, 7) is 3.04. The zero-order valence-electron chi connectivity index (χ0n) is 11.6. The van der Waals surface area contributed by atoms with Crippen molar-refractivity contribution >= 4 is 11.4 Å². The molecule has 5 heteroatoms. The number of rotatable bonds is 6. The van der Waals surface area contributed by atoms with Crippen LogP contribution in [0.1, 0.15) is 5.56 Å². The van der Waals surface area contributed by atoms with Crippen LogP contribution < -0.4 is 10.6 Å². The van der Waals surface area contributed by atoms with Gasteiger partial charge in [0.15, 0.2) is 0 Å². The lowest BCUT2D eigenvalue weighted by molar-refractivity contribution is 0.281. The molecule has 5 nitrogen and oxygen atoms in total. The van der Waals surface area contributed by atoms with E-state index in [1.54, 1.807) is 0 Å². The van der Waals surface area contributed by atoms with Crippen molar-refractivity contribution in [1.82, 2.24) is 4.98 Å². The van der Waals surface area contributed by atoms with Crippen molar-refractivity contribution in [3.63, 3.8) is 0 Å². The van der Waals surface area contributed by atoms with Crippen molar-refractivity contribution in [2.45, 2.75) is 6.92 Å². The second-order valence-electron chi connectivity index (χ2n) is 4.76. The van der Waals surface area contributed by atoms with Crippen molar-refractivity contribution in [2.75, 3.05) is 36.9 Å². The molecule has 0 saturated heterocycles. The first-order chi connectivity index (χ1) is 9.67. The lowest BCUT2D eigenvalue weighted by Crippen LogP contribution is -2.30. The molecule has 1 aromatic heterocycles. The van der Waals surface area contributed by atoms with Crippen LogP contribution in [0.5, 0.6) is 0 Å². The van der Waals surface area contributed by atoms with Crippen LogP contribution in [0.25, 0.3) is 11.1 Å². The highest BCUT2D eigenvalue weighted by Crippen LogP contribution is 2.33. The number of hydrogen-bond acceptors (Lipinski definition) is 4. The number of aryl methyl sites for hydroxylation is 1. The largest absolute Gasteiger partial charge is 0.398 e. The van der Waals surface area contributed by atoms with Gasteiger partial charge in [-0.15, -0.1) is 0 Å². The number of nitrogens with one attached hydrogen (secondary N) is 1. The fraction of sp³-hybridized carbons (Fsp3) is 0.333. The lowest BCUT2D eigenvalue weighted by Gasteiger charge is -2.26. The molecule has 2 rings (SSSR count). The topological polar surface area (TPSA) is 85.5 Å². The van der Waals surface area contributed by atoms with E-state index in [1.165, 1.54) is 0 Å². The minimum atomic E-state index is 0.0449. The van der Waals surface area contributed by atoms with Gasteiger partial charge in [0.2, 0.25) is 0 Å². The van der Waals surface area contributed by atoms with Gasteiger partial charge in [0.1, 0.15) is 0 Å². The average molecular weight is 275 g/mol. The monoisotopic (exact) mass is 275 g/mol. The van der Waals surface area contributed by atoms with Gasteiger partial charge in [-0.1, -0.05) is 0 Å². The molecule has 0 radical (unpaired) electrons. The molecule has 0 aliphatic carbocycles. The number of anilines is 2. The third-order valence-electron chi connectivity index (χ3n) is 3.36. The fourth-order valence-corrected chi connectivity index (χ4v) is 2.40. The predicted octanol–water partition coefficient (Wildman–Crippen LogP) is 1.36. The summed E-state index contributed by atoms with van der Waals surface area (Å²) in [6.07, 6.45) is 3.75. The van der Waals surface area contributed by atoms with E-state index in [2.05, 4.69) is 4.98 Å². The number of aromatic nitrogens is 1. The van der Waals surface area contributed by atoms with E-state index >= 15 is 0 Å². The zero-order valence-corrected chi connectivity index (χ0v) is 11.6. The molecule has 0 bridgehead atoms. The van der Waals surface area contributed by atoms with E-state index < -0.39 is 0 Å². The number of aromatic amines is 1. The van der Waals surface area contributed by atoms with E-state index in [0.29, 0.717) is 13.1 Å². The Hall–Kier alpha value is -1.98. The van der Waals surface area contributed by atoms with Gasteiger partial charge in [0.25, 0.3) is 0 Å². The fourth-order valence-electron chi connectivity index (χ4n) is 2.40. The molecule has 5 N–H and O–H groups in total. The van der Waals surface area contributed by atoms with Crippen LogP contribution in [0.3, 0.4) is 0 Å². The number of hydrogen-bond donors (Lipinski definition) is 4. The van der Waals surface area contributed by atoms with Gasteiger partial charge in [-0.25, -0.2) is 0 Å². The first kappa shape index (κ1) is 14.4. The predicted molar refractivity (Wildman–Crippen MR) is 81.8 cm³/mol. The molecule has 0 fully saturated rings. The Morgan fingerprint density at radius 3 is 2.45 bits per heavy atom. The summed E-state index contributed by atoms with van der Waals surface area (Å²) < 4.78 is 0. The smallest absolute Gasteiger partial charge is 0.0606 e. The van der Waals surface area contributed by atoms with Crippen LogP contribution in [0.4, 0.5) is 11.4 Å². The molecule has 0 spiro atoms. The first-order valence-corrected chi connectivity index (χ1v) is 6.67. The zero-order chi connectivity index (χ0) is 14.5. The molecule has 0 unspecified atom stereocenters. The lowest BCUT2D eigenvalue weighted by atomic mass is 10.0. The minimum absolute atomic E-state index is 0.0449. The van der Waals surface area contributed by atoms with Gasteiger partial charge in [-0.05, 0) is 30.7 Å². The van der Waals surface area contributed by atoms with Crippen molar-refractivity contribution in [3.8, 4) is 11.1 Å². The molecule has 0 aliphatic heterocycles. The standard InChI is InChI=1S/C15H21N3O2/c1-11-8-14(16)13(12-2-3-17-10-12)9-15(11)18(4-6-19)5-7-20/h2-3,8-10,17,19-20H,4-7,16H2,1H3. The van der Waals surface area contributed by atoms with Gasteiger partial charge in [0.05, 0.1) is 13.2 Å². The van der Waals surface area contributed by atoms with Gasteiger partial charge in [-0.3, -0.25) is 0 Å². The van der Waals surface area contributed by atoms with Crippen molar-refractivity contribution in [3.05, 3.63) is 36.2 Å². The van der Waals surface area contributed by atoms with Crippen LogP contribution in [0, 0.1) is 6.92 Å². The van der Waals surface area contributed by atoms with E-state index in [9.17, 15) is 10.2 Å². The highest BCUT2D eigenvalue weighted by Gasteiger charge is 2.13. The van der Waals surface area contributed by atoms with Crippen LogP contribution in [0.15, 0.2) is 30.6 Å². The Bertz CT molecular complexity index is 546. The molecule has 0 aliphatic rings. The maximum absolute atomic E-state index is 9.17. The Balaban J connectivity index is 2.44. The van der Waals surface area contributed by atoms with E-state index in [-0.39, 0.29) is 13.2 Å². The number of nitrogens with zero attached hydrogens (tertiary/aromatic N) is 1. The highest BCUT2D eigenvalue weighted by atomic mass is 16.3. The number of nitrogen functional groups attached to an aromatic ring is 1. The van der Waals surface area contributed by atoms with Crippen LogP contribution in [0.2, 0.25) is 0 Å². The van der Waals surface area contributed by atoms with E-state index in [1.807, 2.05) is 42.4 Å². The molecule has 0 saturated carbocycles. The van der Waals surface area contributed by atoms with E-state index in [4.69, 9.17) is 5.73 Å². The summed E-state index contributed by atoms with van der Waals surface area (Å²) in [7, 11) is 0. The molecular weight excluding hydrogens is 254 g/mol. The van der Waals surface area contributed by atoms with Gasteiger partial charge in [0, 0.05) is 48.0 Å². The summed E-state index contributed by atoms with van der Waals surface area (Å²) >= 11 is 0. The maximum Gasteiger partial charge on any atom is 0.0606 e. The van der Waals surface area contributed by atoms with Gasteiger partial charge < -0.3 is 25.8 Å². The second-order valence-corrected chi connectivity index (χ2v) is 4.76. The highest BCUT2D eigenvalue weighted by molar-refractivity contribution is 5.81. The molecule has 0 atom stereocenters. The SMILES string of the molecule is Cc1cc(N)c(-c2cc[nH]c2)cc1N(CCO)CCO. The van der Waals surface area contributed by atoms with E-state index in [0.717, 1.165) is 28.1 Å². The molecule has 2 aromatic rings. The van der Waals surface area contributed by atoms with Crippen molar-refractivity contribution in [1.29, 1.82) is 0 Å². The maximum atomic E-state index is 9.17. The Morgan fingerprint density at radius 2 is 1.90 bits per heavy atom. The number of aliphatic hydroxyl groups excluding tert-OH is 2. The molecule has 20 heavy (non-hydrogen) atoms. The number of H-pyrrole nitrogens is 1. The van der Waals surface area contributed by atoms with Crippen LogP contribution in [-0.4, -0.2) is 41.5 Å². The Kier molecular flexibility index (Phi) is 4.65. The Labute approximate surface area is 118 Å².